The minimum absolute atomic E-state index is 0.0390. The van der Waals surface area contributed by atoms with Crippen molar-refractivity contribution in [1.29, 1.82) is 0 Å². The van der Waals surface area contributed by atoms with Crippen LogP contribution >= 0.6 is 0 Å². The maximum atomic E-state index is 11.6. The molecule has 0 bridgehead atoms. The van der Waals surface area contributed by atoms with Gasteiger partial charge in [-0.1, -0.05) is 0 Å². The second-order valence-corrected chi connectivity index (χ2v) is 4.75. The standard InChI is InChI=1S/C12H19N5O/c1-7-8(2)14-12(17(3)4)16-10(7)15-9-5-6-13-11(9)18/h9H,5-6H2,1-4H3,(H,13,18)(H,14,15,16). The monoisotopic (exact) mass is 249 g/mol. The first-order valence-electron chi connectivity index (χ1n) is 6.06. The van der Waals surface area contributed by atoms with Crippen LogP contribution in [0.1, 0.15) is 17.7 Å². The van der Waals surface area contributed by atoms with E-state index in [0.29, 0.717) is 5.95 Å². The van der Waals surface area contributed by atoms with E-state index in [9.17, 15) is 4.79 Å². The Hall–Kier alpha value is -1.85. The normalized spacial score (nSPS) is 18.7. The van der Waals surface area contributed by atoms with Gasteiger partial charge in [-0.25, -0.2) is 4.98 Å². The number of carbonyl (C=O) groups is 1. The number of aromatic nitrogens is 2. The fraction of sp³-hybridized carbons (Fsp3) is 0.583. The lowest BCUT2D eigenvalue weighted by molar-refractivity contribution is -0.119. The zero-order valence-corrected chi connectivity index (χ0v) is 11.2. The molecule has 0 aliphatic carbocycles. The number of anilines is 2. The van der Waals surface area contributed by atoms with Crippen LogP contribution in [0, 0.1) is 13.8 Å². The van der Waals surface area contributed by atoms with Gasteiger partial charge in [0, 0.05) is 31.9 Å². The van der Waals surface area contributed by atoms with Gasteiger partial charge in [-0.2, -0.15) is 4.98 Å². The first-order chi connectivity index (χ1) is 8.49. The minimum Gasteiger partial charge on any atom is -0.358 e. The smallest absolute Gasteiger partial charge is 0.242 e. The summed E-state index contributed by atoms with van der Waals surface area (Å²) in [4.78, 5) is 22.3. The molecule has 0 spiro atoms. The molecule has 2 heterocycles. The highest BCUT2D eigenvalue weighted by molar-refractivity contribution is 5.86. The lowest BCUT2D eigenvalue weighted by atomic mass is 10.2. The fourth-order valence-corrected chi connectivity index (χ4v) is 1.85. The van der Waals surface area contributed by atoms with Gasteiger partial charge in [-0.3, -0.25) is 4.79 Å². The largest absolute Gasteiger partial charge is 0.358 e. The van der Waals surface area contributed by atoms with Crippen molar-refractivity contribution in [2.24, 2.45) is 0 Å². The number of amides is 1. The number of hydrogen-bond donors (Lipinski definition) is 2. The first-order valence-corrected chi connectivity index (χ1v) is 6.06. The summed E-state index contributed by atoms with van der Waals surface area (Å²) in [6.45, 7) is 4.63. The maximum absolute atomic E-state index is 11.6. The average molecular weight is 249 g/mol. The summed E-state index contributed by atoms with van der Waals surface area (Å²) in [6, 6.07) is -0.187. The molecular formula is C12H19N5O. The zero-order valence-electron chi connectivity index (χ0n) is 11.2. The molecule has 1 unspecified atom stereocenters. The number of carbonyl (C=O) groups excluding carboxylic acids is 1. The van der Waals surface area contributed by atoms with Crippen molar-refractivity contribution < 1.29 is 4.79 Å². The number of nitrogens with zero attached hydrogens (tertiary/aromatic N) is 3. The van der Waals surface area contributed by atoms with Crippen LogP contribution in [-0.4, -0.2) is 42.6 Å². The van der Waals surface area contributed by atoms with E-state index in [1.807, 2.05) is 32.8 Å². The van der Waals surface area contributed by atoms with E-state index < -0.39 is 0 Å². The molecule has 1 aromatic heterocycles. The number of aryl methyl sites for hydroxylation is 1. The van der Waals surface area contributed by atoms with Crippen LogP contribution in [-0.2, 0) is 4.79 Å². The van der Waals surface area contributed by atoms with E-state index in [4.69, 9.17) is 0 Å². The third kappa shape index (κ3) is 2.37. The van der Waals surface area contributed by atoms with E-state index in [-0.39, 0.29) is 11.9 Å². The van der Waals surface area contributed by atoms with Crippen molar-refractivity contribution in [3.63, 3.8) is 0 Å². The van der Waals surface area contributed by atoms with Crippen LogP contribution in [0.2, 0.25) is 0 Å². The topological polar surface area (TPSA) is 70.2 Å². The molecule has 0 radical (unpaired) electrons. The second-order valence-electron chi connectivity index (χ2n) is 4.75. The van der Waals surface area contributed by atoms with Gasteiger partial charge in [0.1, 0.15) is 11.9 Å². The molecule has 18 heavy (non-hydrogen) atoms. The molecular weight excluding hydrogens is 230 g/mol. The highest BCUT2D eigenvalue weighted by Crippen LogP contribution is 2.20. The van der Waals surface area contributed by atoms with Gasteiger partial charge in [0.2, 0.25) is 11.9 Å². The zero-order chi connectivity index (χ0) is 13.3. The average Bonchev–Trinajstić information content (AvgIpc) is 2.70. The van der Waals surface area contributed by atoms with Crippen molar-refractivity contribution >= 4 is 17.7 Å². The molecule has 98 valence electrons. The van der Waals surface area contributed by atoms with Crippen LogP contribution in [0.25, 0.3) is 0 Å². The van der Waals surface area contributed by atoms with Gasteiger partial charge in [-0.15, -0.1) is 0 Å². The molecule has 6 nitrogen and oxygen atoms in total. The molecule has 2 N–H and O–H groups in total. The second kappa shape index (κ2) is 4.80. The van der Waals surface area contributed by atoms with E-state index in [1.54, 1.807) is 0 Å². The van der Waals surface area contributed by atoms with E-state index in [0.717, 1.165) is 30.0 Å². The van der Waals surface area contributed by atoms with Gasteiger partial charge < -0.3 is 15.5 Å². The lowest BCUT2D eigenvalue weighted by Crippen LogP contribution is -2.30. The molecule has 0 saturated carbocycles. The molecule has 1 aliphatic heterocycles. The van der Waals surface area contributed by atoms with Gasteiger partial charge >= 0.3 is 0 Å². The third-order valence-corrected chi connectivity index (χ3v) is 3.14. The van der Waals surface area contributed by atoms with E-state index >= 15 is 0 Å². The highest BCUT2D eigenvalue weighted by Gasteiger charge is 2.25. The fourth-order valence-electron chi connectivity index (χ4n) is 1.85. The summed E-state index contributed by atoms with van der Waals surface area (Å²) in [5.74, 6) is 1.43. The van der Waals surface area contributed by atoms with E-state index in [1.165, 1.54) is 0 Å². The van der Waals surface area contributed by atoms with Gasteiger partial charge in [0.25, 0.3) is 0 Å². The molecule has 1 saturated heterocycles. The van der Waals surface area contributed by atoms with Gasteiger partial charge in [0.05, 0.1) is 0 Å². The Morgan fingerprint density at radius 1 is 1.33 bits per heavy atom. The van der Waals surface area contributed by atoms with Crippen LogP contribution in [0.4, 0.5) is 11.8 Å². The molecule has 1 fully saturated rings. The number of hydrogen-bond acceptors (Lipinski definition) is 5. The summed E-state index contributed by atoms with van der Waals surface area (Å²) in [5, 5.41) is 6.01. The Morgan fingerprint density at radius 3 is 2.61 bits per heavy atom. The maximum Gasteiger partial charge on any atom is 0.242 e. The highest BCUT2D eigenvalue weighted by atomic mass is 16.2. The van der Waals surface area contributed by atoms with Crippen molar-refractivity contribution in [1.82, 2.24) is 15.3 Å². The summed E-state index contributed by atoms with van der Waals surface area (Å²) < 4.78 is 0. The van der Waals surface area contributed by atoms with E-state index in [2.05, 4.69) is 20.6 Å². The quantitative estimate of drug-likeness (QED) is 0.814. The Labute approximate surface area is 107 Å². The Balaban J connectivity index is 2.28. The molecule has 2 rings (SSSR count). The van der Waals surface area contributed by atoms with Crippen LogP contribution < -0.4 is 15.5 Å². The van der Waals surface area contributed by atoms with Crippen LogP contribution in [0.5, 0.6) is 0 Å². The van der Waals surface area contributed by atoms with Crippen LogP contribution in [0.3, 0.4) is 0 Å². The number of rotatable bonds is 3. The molecule has 1 aliphatic rings. The van der Waals surface area contributed by atoms with Crippen molar-refractivity contribution in [3.8, 4) is 0 Å². The van der Waals surface area contributed by atoms with Crippen LogP contribution in [0.15, 0.2) is 0 Å². The minimum atomic E-state index is -0.187. The summed E-state index contributed by atoms with van der Waals surface area (Å²) in [6.07, 6.45) is 0.790. The van der Waals surface area contributed by atoms with Gasteiger partial charge in [0.15, 0.2) is 0 Å². The predicted octanol–water partition coefficient (Wildman–Crippen LogP) is 0.460. The summed E-state index contributed by atoms with van der Waals surface area (Å²) >= 11 is 0. The SMILES string of the molecule is Cc1nc(N(C)C)nc(NC2CCNC2=O)c1C. The summed E-state index contributed by atoms with van der Waals surface area (Å²) in [5.41, 5.74) is 1.91. The Bertz CT molecular complexity index is 472. The molecule has 0 aromatic carbocycles. The van der Waals surface area contributed by atoms with Crippen molar-refractivity contribution in [3.05, 3.63) is 11.3 Å². The molecule has 1 aromatic rings. The molecule has 1 atom stereocenters. The Morgan fingerprint density at radius 2 is 2.06 bits per heavy atom. The third-order valence-electron chi connectivity index (χ3n) is 3.14. The summed E-state index contributed by atoms with van der Waals surface area (Å²) in [7, 11) is 3.80. The lowest BCUT2D eigenvalue weighted by Gasteiger charge is -2.17. The predicted molar refractivity (Wildman–Crippen MR) is 70.9 cm³/mol. The first kappa shape index (κ1) is 12.6. The molecule has 6 heteroatoms. The molecule has 1 amide bonds. The number of nitrogens with one attached hydrogen (secondary N) is 2. The van der Waals surface area contributed by atoms with Crippen molar-refractivity contribution in [2.45, 2.75) is 26.3 Å². The Kier molecular flexibility index (Phi) is 3.36. The van der Waals surface area contributed by atoms with Gasteiger partial charge in [-0.05, 0) is 20.3 Å². The van der Waals surface area contributed by atoms with Crippen molar-refractivity contribution in [2.75, 3.05) is 30.9 Å².